The number of nitrogen functional groups attached to an aromatic ring is 1. The molecule has 3 N–H and O–H groups in total. The van der Waals surface area contributed by atoms with Crippen LogP contribution in [0.2, 0.25) is 0 Å². The van der Waals surface area contributed by atoms with Gasteiger partial charge in [-0.3, -0.25) is 0 Å². The highest BCUT2D eigenvalue weighted by Gasteiger charge is 2.27. The van der Waals surface area contributed by atoms with E-state index in [-0.39, 0.29) is 6.61 Å². The Bertz CT molecular complexity index is 406. The summed E-state index contributed by atoms with van der Waals surface area (Å²) >= 11 is 0. The molecule has 1 fully saturated rings. The molecule has 1 aliphatic carbocycles. The number of hydrogen-bond donors (Lipinski definition) is 2. The second kappa shape index (κ2) is 6.70. The van der Waals surface area contributed by atoms with Crippen molar-refractivity contribution in [1.82, 2.24) is 9.97 Å². The maximum Gasteiger partial charge on any atom is 0.137 e. The number of aliphatic hydroxyl groups is 1. The fourth-order valence-electron chi connectivity index (χ4n) is 2.55. The van der Waals surface area contributed by atoms with Gasteiger partial charge in [0.25, 0.3) is 0 Å². The Labute approximate surface area is 114 Å². The van der Waals surface area contributed by atoms with Gasteiger partial charge in [0.1, 0.15) is 18.0 Å². The summed E-state index contributed by atoms with van der Waals surface area (Å²) in [7, 11) is 0. The van der Waals surface area contributed by atoms with Crippen molar-refractivity contribution in [3.8, 4) is 0 Å². The molecule has 0 aliphatic heterocycles. The summed E-state index contributed by atoms with van der Waals surface area (Å²) in [5.74, 6) is 1.58. The van der Waals surface area contributed by atoms with E-state index in [1.807, 2.05) is 0 Å². The van der Waals surface area contributed by atoms with E-state index in [1.54, 1.807) is 6.33 Å². The molecule has 0 spiro atoms. The van der Waals surface area contributed by atoms with Crippen molar-refractivity contribution in [2.24, 2.45) is 0 Å². The molecular formula is C14H24N4O. The number of aliphatic hydroxyl groups excluding tert-OH is 1. The third-order valence-corrected chi connectivity index (χ3v) is 3.80. The summed E-state index contributed by atoms with van der Waals surface area (Å²) in [6.45, 7) is 3.19. The lowest BCUT2D eigenvalue weighted by atomic mass is 9.91. The molecule has 0 saturated heterocycles. The smallest absolute Gasteiger partial charge is 0.137 e. The molecule has 5 nitrogen and oxygen atoms in total. The van der Waals surface area contributed by atoms with Crippen LogP contribution in [0.25, 0.3) is 0 Å². The fraction of sp³-hybridized carbons (Fsp3) is 0.714. The normalized spacial score (nSPS) is 15.3. The number of rotatable bonds is 7. The van der Waals surface area contributed by atoms with Crippen molar-refractivity contribution in [2.45, 2.75) is 51.5 Å². The highest BCUT2D eigenvalue weighted by Crippen LogP contribution is 2.32. The number of nitrogens with two attached hydrogens (primary N) is 1. The van der Waals surface area contributed by atoms with E-state index in [2.05, 4.69) is 21.8 Å². The number of aromatic nitrogens is 2. The first-order chi connectivity index (χ1) is 9.27. The number of nitrogens with zero attached hydrogens (tertiary/aromatic N) is 3. The molecule has 19 heavy (non-hydrogen) atoms. The first kappa shape index (κ1) is 14.1. The minimum absolute atomic E-state index is 0.215. The fourth-order valence-corrected chi connectivity index (χ4v) is 2.55. The molecule has 0 unspecified atom stereocenters. The maximum absolute atomic E-state index is 9.08. The molecule has 0 radical (unpaired) electrons. The van der Waals surface area contributed by atoms with Gasteiger partial charge in [0.15, 0.2) is 0 Å². The molecule has 0 amide bonds. The van der Waals surface area contributed by atoms with Crippen molar-refractivity contribution >= 4 is 11.6 Å². The molecule has 1 heterocycles. The Morgan fingerprint density at radius 3 is 2.79 bits per heavy atom. The van der Waals surface area contributed by atoms with Crippen LogP contribution in [-0.2, 0) is 6.42 Å². The molecule has 106 valence electrons. The maximum atomic E-state index is 9.08. The van der Waals surface area contributed by atoms with E-state index in [1.165, 1.54) is 19.3 Å². The minimum Gasteiger partial charge on any atom is -0.396 e. The molecule has 1 saturated carbocycles. The van der Waals surface area contributed by atoms with Crippen LogP contribution in [0.4, 0.5) is 11.6 Å². The van der Waals surface area contributed by atoms with Crippen LogP contribution in [-0.4, -0.2) is 34.3 Å². The summed E-state index contributed by atoms with van der Waals surface area (Å²) < 4.78 is 0. The minimum atomic E-state index is 0.215. The summed E-state index contributed by atoms with van der Waals surface area (Å²) in [5, 5.41) is 9.08. The summed E-state index contributed by atoms with van der Waals surface area (Å²) in [5.41, 5.74) is 7.07. The van der Waals surface area contributed by atoms with E-state index in [4.69, 9.17) is 10.8 Å². The van der Waals surface area contributed by atoms with Gasteiger partial charge < -0.3 is 15.7 Å². The van der Waals surface area contributed by atoms with Crippen LogP contribution in [0.5, 0.6) is 0 Å². The largest absolute Gasteiger partial charge is 0.396 e. The molecule has 2 rings (SSSR count). The van der Waals surface area contributed by atoms with E-state index in [0.717, 1.165) is 37.2 Å². The molecule has 1 aromatic heterocycles. The Morgan fingerprint density at radius 2 is 2.21 bits per heavy atom. The highest BCUT2D eigenvalue weighted by atomic mass is 16.3. The van der Waals surface area contributed by atoms with Crippen LogP contribution in [0.1, 0.15) is 44.6 Å². The van der Waals surface area contributed by atoms with Gasteiger partial charge in [0.05, 0.1) is 0 Å². The van der Waals surface area contributed by atoms with Gasteiger partial charge in [-0.05, 0) is 32.1 Å². The van der Waals surface area contributed by atoms with Crippen LogP contribution in [0.3, 0.4) is 0 Å². The SMILES string of the molecule is CCCc1c(N)ncnc1N(CCCO)C1CCC1. The number of hydrogen-bond acceptors (Lipinski definition) is 5. The van der Waals surface area contributed by atoms with Gasteiger partial charge >= 0.3 is 0 Å². The number of anilines is 2. The first-order valence-corrected chi connectivity index (χ1v) is 7.24. The molecule has 5 heteroatoms. The topological polar surface area (TPSA) is 75.3 Å². The Hall–Kier alpha value is -1.36. The van der Waals surface area contributed by atoms with Crippen molar-refractivity contribution in [3.05, 3.63) is 11.9 Å². The lowest BCUT2D eigenvalue weighted by molar-refractivity contribution is 0.282. The van der Waals surface area contributed by atoms with E-state index in [0.29, 0.717) is 11.9 Å². The second-order valence-corrected chi connectivity index (χ2v) is 5.17. The van der Waals surface area contributed by atoms with E-state index in [9.17, 15) is 0 Å². The van der Waals surface area contributed by atoms with Gasteiger partial charge in [-0.15, -0.1) is 0 Å². The summed E-state index contributed by atoms with van der Waals surface area (Å²) in [6, 6.07) is 0.552. The summed E-state index contributed by atoms with van der Waals surface area (Å²) in [4.78, 5) is 10.9. The third-order valence-electron chi connectivity index (χ3n) is 3.80. The average molecular weight is 264 g/mol. The van der Waals surface area contributed by atoms with Crippen LogP contribution < -0.4 is 10.6 Å². The zero-order valence-electron chi connectivity index (χ0n) is 11.7. The van der Waals surface area contributed by atoms with Gasteiger partial charge in [-0.25, -0.2) is 9.97 Å². The lowest BCUT2D eigenvalue weighted by Crippen LogP contribution is -2.42. The Morgan fingerprint density at radius 1 is 1.42 bits per heavy atom. The summed E-state index contributed by atoms with van der Waals surface area (Å²) in [6.07, 6.45) is 7.96. The molecule has 1 aromatic rings. The predicted molar refractivity (Wildman–Crippen MR) is 77.1 cm³/mol. The highest BCUT2D eigenvalue weighted by molar-refractivity contribution is 5.57. The van der Waals surface area contributed by atoms with E-state index >= 15 is 0 Å². The van der Waals surface area contributed by atoms with Crippen LogP contribution >= 0.6 is 0 Å². The Balaban J connectivity index is 2.26. The average Bonchev–Trinajstić information content (AvgIpc) is 2.35. The van der Waals surface area contributed by atoms with Gasteiger partial charge in [0, 0.05) is 24.8 Å². The van der Waals surface area contributed by atoms with Crippen molar-refractivity contribution < 1.29 is 5.11 Å². The quantitative estimate of drug-likeness (QED) is 0.784. The molecule has 0 atom stereocenters. The van der Waals surface area contributed by atoms with Crippen molar-refractivity contribution in [1.29, 1.82) is 0 Å². The van der Waals surface area contributed by atoms with Crippen molar-refractivity contribution in [2.75, 3.05) is 23.8 Å². The Kier molecular flexibility index (Phi) is 4.96. The third kappa shape index (κ3) is 3.15. The van der Waals surface area contributed by atoms with Crippen molar-refractivity contribution in [3.63, 3.8) is 0 Å². The second-order valence-electron chi connectivity index (χ2n) is 5.17. The van der Waals surface area contributed by atoms with Gasteiger partial charge in [-0.2, -0.15) is 0 Å². The van der Waals surface area contributed by atoms with Crippen LogP contribution in [0, 0.1) is 0 Å². The molecule has 0 aromatic carbocycles. The van der Waals surface area contributed by atoms with Gasteiger partial charge in [0.2, 0.25) is 0 Å². The van der Waals surface area contributed by atoms with E-state index < -0.39 is 0 Å². The predicted octanol–water partition coefficient (Wildman–Crippen LogP) is 1.75. The first-order valence-electron chi connectivity index (χ1n) is 7.24. The zero-order chi connectivity index (χ0) is 13.7. The zero-order valence-corrected chi connectivity index (χ0v) is 11.7. The van der Waals surface area contributed by atoms with Gasteiger partial charge in [-0.1, -0.05) is 13.3 Å². The molecule has 0 bridgehead atoms. The standard InChI is InChI=1S/C14H24N4O/c1-2-5-12-13(15)16-10-17-14(12)18(8-4-9-19)11-6-3-7-11/h10-11,19H,2-9H2,1H3,(H2,15,16,17). The monoisotopic (exact) mass is 264 g/mol. The molecular weight excluding hydrogens is 240 g/mol. The lowest BCUT2D eigenvalue weighted by Gasteiger charge is -2.39. The van der Waals surface area contributed by atoms with Crippen LogP contribution in [0.15, 0.2) is 6.33 Å². The molecule has 1 aliphatic rings.